The maximum absolute atomic E-state index is 9.90. The van der Waals surface area contributed by atoms with Gasteiger partial charge in [0.2, 0.25) is 0 Å². The minimum atomic E-state index is -2.79. The van der Waals surface area contributed by atoms with Crippen molar-refractivity contribution in [3.63, 3.8) is 0 Å². The van der Waals surface area contributed by atoms with E-state index in [1.807, 2.05) is 26.0 Å². The Morgan fingerprint density at radius 2 is 1.63 bits per heavy atom. The predicted molar refractivity (Wildman–Crippen MR) is 153 cm³/mol. The molecule has 2 heterocycles. The Balaban J connectivity index is 1.68. The number of ether oxygens (including phenoxy) is 3. The van der Waals surface area contributed by atoms with E-state index in [9.17, 15) is 5.26 Å². The van der Waals surface area contributed by atoms with Crippen molar-refractivity contribution in [2.24, 2.45) is 5.73 Å². The average molecular weight is 553 g/mol. The van der Waals surface area contributed by atoms with Gasteiger partial charge >= 0.3 is 0 Å². The monoisotopic (exact) mass is 552 g/mol. The summed E-state index contributed by atoms with van der Waals surface area (Å²) in [4.78, 5) is 0. The number of nitrogens with zero attached hydrogens (tertiary/aromatic N) is 1. The van der Waals surface area contributed by atoms with Gasteiger partial charge in [0, 0.05) is 6.20 Å². The van der Waals surface area contributed by atoms with Crippen molar-refractivity contribution < 1.29 is 18.6 Å². The third-order valence-electron chi connectivity index (χ3n) is 6.89. The van der Waals surface area contributed by atoms with E-state index >= 15 is 0 Å². The highest BCUT2D eigenvalue weighted by Crippen LogP contribution is 2.42. The van der Waals surface area contributed by atoms with E-state index in [0.717, 1.165) is 0 Å². The summed E-state index contributed by atoms with van der Waals surface area (Å²) in [5.74, 6) is -0.821. The minimum Gasteiger partial charge on any atom is -0.405 e. The van der Waals surface area contributed by atoms with Crippen molar-refractivity contribution in [3.8, 4) is 6.07 Å². The van der Waals surface area contributed by atoms with E-state index in [-0.39, 0.29) is 16.8 Å². The molecule has 2 aromatic rings. The summed E-state index contributed by atoms with van der Waals surface area (Å²) in [5, 5.41) is 12.1. The number of nitrogens with one attached hydrogen (secondary N) is 2. The van der Waals surface area contributed by atoms with Crippen LogP contribution in [0.5, 0.6) is 0 Å². The summed E-state index contributed by atoms with van der Waals surface area (Å²) in [6, 6.07) is 23.1. The predicted octanol–water partition coefficient (Wildman–Crippen LogP) is 2.60. The second-order valence-corrected chi connectivity index (χ2v) is 15.7. The van der Waals surface area contributed by atoms with Crippen molar-refractivity contribution >= 4 is 36.0 Å². The first kappa shape index (κ1) is 28.2. The standard InChI is InChI=1S/C28H36N4O4SSi/c1-27(2,3)38(20-12-8-6-9-13-20,21-14-10-7-11-15-21)33-18-22-24-25(36-28(4,5)35-24)23(34-22)19(16-29)17-31-32-26(30)37/h6-15,17,22-25,31H,18H2,1-5H3,(H3,30,32,37)/t22-,23?,24-,25+/m1/s1. The van der Waals surface area contributed by atoms with Gasteiger partial charge in [-0.05, 0) is 41.5 Å². The zero-order chi connectivity index (χ0) is 27.6. The Morgan fingerprint density at radius 1 is 1.08 bits per heavy atom. The Hall–Kier alpha value is -2.78. The molecule has 4 N–H and O–H groups in total. The van der Waals surface area contributed by atoms with Crippen LogP contribution in [0.4, 0.5) is 0 Å². The largest absolute Gasteiger partial charge is 0.405 e. The van der Waals surface area contributed by atoms with Crippen molar-refractivity contribution in [2.45, 2.75) is 69.9 Å². The van der Waals surface area contributed by atoms with Crippen LogP contribution in [0.1, 0.15) is 34.6 Å². The number of hydrazine groups is 1. The highest BCUT2D eigenvalue weighted by atomic mass is 32.1. The molecule has 4 rings (SSSR count). The molecule has 4 atom stereocenters. The highest BCUT2D eigenvalue weighted by molar-refractivity contribution is 7.80. The lowest BCUT2D eigenvalue weighted by Gasteiger charge is -2.43. The molecule has 10 heteroatoms. The molecular formula is C28H36N4O4SSi. The number of hydrogen-bond acceptors (Lipinski definition) is 7. The highest BCUT2D eigenvalue weighted by Gasteiger charge is 2.58. The van der Waals surface area contributed by atoms with Gasteiger partial charge in [-0.1, -0.05) is 81.4 Å². The van der Waals surface area contributed by atoms with Crippen molar-refractivity contribution in [2.75, 3.05) is 6.61 Å². The fourth-order valence-electron chi connectivity index (χ4n) is 5.40. The maximum Gasteiger partial charge on any atom is 0.261 e. The summed E-state index contributed by atoms with van der Waals surface area (Å²) in [6.45, 7) is 10.7. The molecule has 0 bridgehead atoms. The molecule has 0 amide bonds. The van der Waals surface area contributed by atoms with Gasteiger partial charge in [-0.25, -0.2) is 0 Å². The van der Waals surface area contributed by atoms with Crippen LogP contribution in [-0.2, 0) is 18.6 Å². The van der Waals surface area contributed by atoms with Gasteiger partial charge in [0.25, 0.3) is 8.32 Å². The molecule has 0 radical (unpaired) electrons. The summed E-state index contributed by atoms with van der Waals surface area (Å²) in [7, 11) is -2.79. The summed E-state index contributed by atoms with van der Waals surface area (Å²) in [5.41, 5.74) is 11.2. The van der Waals surface area contributed by atoms with Gasteiger partial charge in [0.1, 0.15) is 24.4 Å². The van der Waals surface area contributed by atoms with Gasteiger partial charge in [-0.15, -0.1) is 0 Å². The van der Waals surface area contributed by atoms with Crippen molar-refractivity contribution in [1.82, 2.24) is 10.9 Å². The van der Waals surface area contributed by atoms with Crippen LogP contribution in [0.15, 0.2) is 72.4 Å². The van der Waals surface area contributed by atoms with Crippen molar-refractivity contribution in [3.05, 3.63) is 72.4 Å². The first-order valence-electron chi connectivity index (χ1n) is 12.7. The Morgan fingerprint density at radius 3 is 2.13 bits per heavy atom. The van der Waals surface area contributed by atoms with Crippen LogP contribution in [0, 0.1) is 11.3 Å². The fraction of sp³-hybridized carbons (Fsp3) is 0.429. The molecule has 2 fully saturated rings. The average Bonchev–Trinajstić information content (AvgIpc) is 3.35. The van der Waals surface area contributed by atoms with Crippen LogP contribution < -0.4 is 27.0 Å². The quantitative estimate of drug-likeness (QED) is 0.197. The molecule has 0 aliphatic carbocycles. The summed E-state index contributed by atoms with van der Waals surface area (Å²) < 4.78 is 26.1. The number of benzene rings is 2. The van der Waals surface area contributed by atoms with Gasteiger partial charge in [0.15, 0.2) is 10.9 Å². The second kappa shape index (κ2) is 11.1. The van der Waals surface area contributed by atoms with E-state index in [1.54, 1.807) is 0 Å². The Labute approximate surface area is 231 Å². The SMILES string of the molecule is CC1(C)O[C@@H]2[C@@H](CO[Si](c3ccccc3)(c3ccccc3)C(C)(C)C)OC(C(C#N)=CNNC(N)=S)[C@@H]2O1. The molecule has 2 aliphatic heterocycles. The molecule has 2 aromatic carbocycles. The van der Waals surface area contributed by atoms with Gasteiger partial charge < -0.3 is 29.8 Å². The summed E-state index contributed by atoms with van der Waals surface area (Å²) in [6.07, 6.45) is -0.501. The van der Waals surface area contributed by atoms with Crippen LogP contribution in [-0.4, -0.2) is 50.2 Å². The van der Waals surface area contributed by atoms with Crippen LogP contribution in [0.3, 0.4) is 0 Å². The van der Waals surface area contributed by atoms with E-state index in [1.165, 1.54) is 16.6 Å². The molecule has 0 saturated carbocycles. The Bertz CT molecular complexity index is 1160. The van der Waals surface area contributed by atoms with Gasteiger partial charge in [0.05, 0.1) is 18.2 Å². The first-order valence-corrected chi connectivity index (χ1v) is 15.0. The zero-order valence-corrected chi connectivity index (χ0v) is 24.2. The maximum atomic E-state index is 9.90. The first-order chi connectivity index (χ1) is 18.0. The smallest absolute Gasteiger partial charge is 0.261 e. The van der Waals surface area contributed by atoms with E-state index in [0.29, 0.717) is 5.57 Å². The molecule has 0 aromatic heterocycles. The topological polar surface area (TPSA) is 111 Å². The van der Waals surface area contributed by atoms with Crippen LogP contribution >= 0.6 is 12.2 Å². The normalized spacial score (nSPS) is 24.9. The number of fused-ring (bicyclic) bond motifs is 1. The zero-order valence-electron chi connectivity index (χ0n) is 22.4. The third-order valence-corrected chi connectivity index (χ3v) is 12.0. The second-order valence-electron chi connectivity index (χ2n) is 11.0. The molecule has 2 saturated heterocycles. The van der Waals surface area contributed by atoms with E-state index in [2.05, 4.69) is 86.2 Å². The molecular weight excluding hydrogens is 516 g/mol. The third kappa shape index (κ3) is 5.64. The Kier molecular flexibility index (Phi) is 8.28. The number of rotatable bonds is 8. The summed E-state index contributed by atoms with van der Waals surface area (Å²) >= 11 is 4.83. The van der Waals surface area contributed by atoms with Gasteiger partial charge in [-0.3, -0.25) is 5.43 Å². The molecule has 38 heavy (non-hydrogen) atoms. The molecule has 202 valence electrons. The lowest BCUT2D eigenvalue weighted by molar-refractivity contribution is -0.185. The van der Waals surface area contributed by atoms with Crippen LogP contribution in [0.2, 0.25) is 5.04 Å². The lowest BCUT2D eigenvalue weighted by Crippen LogP contribution is -2.67. The fourth-order valence-corrected chi connectivity index (χ4v) is 10.0. The number of nitrogens with two attached hydrogens (primary N) is 1. The number of thiocarbonyl (C=S) groups is 1. The molecule has 8 nitrogen and oxygen atoms in total. The molecule has 0 spiro atoms. The van der Waals surface area contributed by atoms with Crippen molar-refractivity contribution in [1.29, 1.82) is 5.26 Å². The minimum absolute atomic E-state index is 0.0573. The molecule has 1 unspecified atom stereocenters. The van der Waals surface area contributed by atoms with E-state index in [4.69, 9.17) is 36.6 Å². The van der Waals surface area contributed by atoms with E-state index < -0.39 is 38.5 Å². The van der Waals surface area contributed by atoms with Crippen LogP contribution in [0.25, 0.3) is 0 Å². The van der Waals surface area contributed by atoms with Gasteiger partial charge in [-0.2, -0.15) is 5.26 Å². The lowest BCUT2D eigenvalue weighted by atomic mass is 10.0. The molecule has 2 aliphatic rings. The number of hydrogen-bond donors (Lipinski definition) is 3. The number of nitriles is 1.